The van der Waals surface area contributed by atoms with E-state index in [1.807, 2.05) is 0 Å². The van der Waals surface area contributed by atoms with E-state index in [1.165, 1.54) is 51.5 Å². The largest absolute Gasteiger partial charge is 0.240 e. The van der Waals surface area contributed by atoms with E-state index in [2.05, 4.69) is 18.5 Å². The van der Waals surface area contributed by atoms with E-state index < -0.39 is 10.2 Å². The Morgan fingerprint density at radius 3 is 2.18 bits per heavy atom. The van der Waals surface area contributed by atoms with Gasteiger partial charge in [-0.1, -0.05) is 19.8 Å². The zero-order valence-corrected chi connectivity index (χ0v) is 11.4. The Balaban J connectivity index is 0.000000437. The second-order valence-corrected chi connectivity index (χ2v) is 5.04. The van der Waals surface area contributed by atoms with Crippen molar-refractivity contribution in [3.8, 4) is 0 Å². The molecular formula is C11H22ClNO4. The van der Waals surface area contributed by atoms with Gasteiger partial charge in [0, 0.05) is 19.3 Å². The lowest BCUT2D eigenvalue weighted by molar-refractivity contribution is -2.00. The number of nitrogens with zero attached hydrogens (tertiary/aromatic N) is 1. The zero-order chi connectivity index (χ0) is 13.3. The van der Waals surface area contributed by atoms with Gasteiger partial charge >= 0.3 is 0 Å². The minimum Gasteiger partial charge on any atom is -0.240 e. The molecule has 1 aliphatic heterocycles. The van der Waals surface area contributed by atoms with Crippen LogP contribution in [0, 0.1) is 10.2 Å². The number of rotatable bonds is 4. The molecule has 17 heavy (non-hydrogen) atoms. The van der Waals surface area contributed by atoms with Gasteiger partial charge in [-0.3, -0.25) is 0 Å². The summed E-state index contributed by atoms with van der Waals surface area (Å²) in [6, 6.07) is 0. The van der Waals surface area contributed by atoms with Crippen LogP contribution in [0.2, 0.25) is 0 Å². The van der Waals surface area contributed by atoms with Crippen LogP contribution in [-0.2, 0) is 0 Å². The van der Waals surface area contributed by atoms with Crippen molar-refractivity contribution in [1.29, 1.82) is 0 Å². The summed E-state index contributed by atoms with van der Waals surface area (Å²) in [4.78, 5) is 0. The molecule has 0 atom stereocenters. The second kappa shape index (κ2) is 8.83. The molecule has 6 heteroatoms. The highest BCUT2D eigenvalue weighted by Gasteiger charge is 2.14. The summed E-state index contributed by atoms with van der Waals surface area (Å²) in [6.07, 6.45) is 9.68. The van der Waals surface area contributed by atoms with Crippen LogP contribution >= 0.6 is 0 Å². The monoisotopic (exact) mass is 267 g/mol. The maximum absolute atomic E-state index is 8.49. The van der Waals surface area contributed by atoms with Gasteiger partial charge in [-0.15, -0.1) is 10.2 Å². The Bertz CT molecular complexity index is 232. The quantitative estimate of drug-likeness (QED) is 0.438. The normalized spacial score (nSPS) is 16.6. The van der Waals surface area contributed by atoms with Crippen molar-refractivity contribution in [1.82, 2.24) is 0 Å². The average Bonchev–Trinajstić information content (AvgIpc) is 2.19. The molecule has 0 amide bonds. The third-order valence-electron chi connectivity index (χ3n) is 2.82. The third-order valence-corrected chi connectivity index (χ3v) is 2.82. The molecule has 5 nitrogen and oxygen atoms in total. The Morgan fingerprint density at radius 1 is 1.12 bits per heavy atom. The van der Waals surface area contributed by atoms with Gasteiger partial charge in [0.1, 0.15) is 13.6 Å². The molecule has 0 aromatic carbocycles. The van der Waals surface area contributed by atoms with Crippen molar-refractivity contribution >= 4 is 5.71 Å². The Labute approximate surface area is 105 Å². The van der Waals surface area contributed by atoms with Crippen molar-refractivity contribution in [3.63, 3.8) is 0 Å². The molecule has 1 heterocycles. The highest BCUT2D eigenvalue weighted by Crippen LogP contribution is 2.10. The average molecular weight is 268 g/mol. The molecule has 0 N–H and O–H groups in total. The Kier molecular flexibility index (Phi) is 8.72. The van der Waals surface area contributed by atoms with Crippen molar-refractivity contribution in [3.05, 3.63) is 0 Å². The lowest BCUT2D eigenvalue weighted by atomic mass is 10.0. The first kappa shape index (κ1) is 16.8. The number of halogens is 1. The fourth-order valence-corrected chi connectivity index (χ4v) is 1.92. The van der Waals surface area contributed by atoms with Gasteiger partial charge in [0.2, 0.25) is 0 Å². The summed E-state index contributed by atoms with van der Waals surface area (Å²) in [5.41, 5.74) is 1.70. The minimum atomic E-state index is -4.94. The van der Waals surface area contributed by atoms with Crippen LogP contribution in [0.15, 0.2) is 0 Å². The minimum absolute atomic E-state index is 1.29. The Morgan fingerprint density at radius 2 is 1.71 bits per heavy atom. The van der Waals surface area contributed by atoms with Gasteiger partial charge in [0.25, 0.3) is 0 Å². The fraction of sp³-hybridized carbons (Fsp3) is 0.909. The lowest BCUT2D eigenvalue weighted by Crippen LogP contribution is -2.68. The van der Waals surface area contributed by atoms with Crippen LogP contribution in [0.25, 0.3) is 0 Å². The van der Waals surface area contributed by atoms with Crippen molar-refractivity contribution in [2.45, 2.75) is 51.9 Å². The summed E-state index contributed by atoms with van der Waals surface area (Å²) in [6.45, 7) is 3.57. The predicted octanol–water partition coefficient (Wildman–Crippen LogP) is -1.92. The lowest BCUT2D eigenvalue weighted by Gasteiger charge is -2.17. The van der Waals surface area contributed by atoms with Crippen LogP contribution in [0.3, 0.4) is 0 Å². The highest BCUT2D eigenvalue weighted by molar-refractivity contribution is 5.79. The molecule has 0 saturated heterocycles. The second-order valence-electron chi connectivity index (χ2n) is 4.28. The van der Waals surface area contributed by atoms with Crippen LogP contribution in [-0.4, -0.2) is 23.9 Å². The molecule has 0 bridgehead atoms. The summed E-state index contributed by atoms with van der Waals surface area (Å²) in [5.74, 6) is 0. The van der Waals surface area contributed by atoms with E-state index >= 15 is 0 Å². The summed E-state index contributed by atoms with van der Waals surface area (Å²) >= 11 is 0. The van der Waals surface area contributed by atoms with Gasteiger partial charge < -0.3 is 0 Å². The molecule has 0 unspecified atom stereocenters. The van der Waals surface area contributed by atoms with E-state index in [9.17, 15) is 0 Å². The summed E-state index contributed by atoms with van der Waals surface area (Å²) < 4.78 is 36.4. The maximum Gasteiger partial charge on any atom is 0.152 e. The first-order valence-electron chi connectivity index (χ1n) is 6.02. The molecule has 0 fully saturated rings. The molecule has 0 aliphatic carbocycles. The van der Waals surface area contributed by atoms with Gasteiger partial charge in [-0.2, -0.15) is 0 Å². The number of unbranched alkanes of at least 4 members (excludes halogenated alkanes) is 2. The zero-order valence-electron chi connectivity index (χ0n) is 10.6. The Hall–Kier alpha value is -0.200. The molecular weight excluding hydrogens is 246 g/mol. The van der Waals surface area contributed by atoms with Crippen LogP contribution in [0.4, 0.5) is 0 Å². The first-order chi connectivity index (χ1) is 7.84. The number of hydrogen-bond acceptors (Lipinski definition) is 4. The van der Waals surface area contributed by atoms with Crippen molar-refractivity contribution in [2.75, 3.05) is 13.6 Å². The SMILES string of the molecule is CCCCCC1=[N+](C)CCCC1.[O-][Cl+3]([O-])([O-])[O-]. The van der Waals surface area contributed by atoms with E-state index in [0.29, 0.717) is 0 Å². The van der Waals surface area contributed by atoms with Crippen molar-refractivity contribution < 1.29 is 33.5 Å². The third kappa shape index (κ3) is 12.1. The number of hydrogen-bond donors (Lipinski definition) is 0. The first-order valence-corrected chi connectivity index (χ1v) is 7.25. The van der Waals surface area contributed by atoms with E-state index in [0.717, 1.165) is 0 Å². The smallest absolute Gasteiger partial charge is 0.152 e. The van der Waals surface area contributed by atoms with E-state index in [-0.39, 0.29) is 0 Å². The summed E-state index contributed by atoms with van der Waals surface area (Å²) in [5, 5.41) is 0. The molecule has 0 aromatic heterocycles. The van der Waals surface area contributed by atoms with Gasteiger partial charge in [-0.25, -0.2) is 23.2 Å². The molecule has 0 saturated carbocycles. The van der Waals surface area contributed by atoms with Gasteiger partial charge in [0.15, 0.2) is 5.71 Å². The van der Waals surface area contributed by atoms with Crippen LogP contribution in [0.1, 0.15) is 51.9 Å². The van der Waals surface area contributed by atoms with Crippen LogP contribution in [0.5, 0.6) is 0 Å². The van der Waals surface area contributed by atoms with Crippen molar-refractivity contribution in [2.24, 2.45) is 0 Å². The van der Waals surface area contributed by atoms with E-state index in [4.69, 9.17) is 18.6 Å². The maximum atomic E-state index is 8.49. The molecule has 1 aliphatic rings. The van der Waals surface area contributed by atoms with E-state index in [1.54, 1.807) is 5.71 Å². The molecule has 102 valence electrons. The fourth-order valence-electron chi connectivity index (χ4n) is 1.92. The highest BCUT2D eigenvalue weighted by atomic mass is 35.7. The molecule has 1 rings (SSSR count). The van der Waals surface area contributed by atoms with Crippen LogP contribution < -0.4 is 18.6 Å². The topological polar surface area (TPSA) is 95.2 Å². The predicted molar refractivity (Wildman–Crippen MR) is 54.1 cm³/mol. The molecule has 0 aromatic rings. The molecule has 0 radical (unpaired) electrons. The molecule has 0 spiro atoms. The van der Waals surface area contributed by atoms with Gasteiger partial charge in [0.05, 0.1) is 0 Å². The standard InChI is InChI=1S/C11H22N.ClHO4/c1-3-4-5-8-11-9-6-7-10-12(11)2;2-1(3,4)5/h3-10H2,1-2H3;(H,2,3,4,5)/q+1;/p-1. The summed E-state index contributed by atoms with van der Waals surface area (Å²) in [7, 11) is -2.69. The van der Waals surface area contributed by atoms with Gasteiger partial charge in [-0.05, 0) is 12.8 Å².